The highest BCUT2D eigenvalue weighted by Crippen LogP contribution is 2.32. The second kappa shape index (κ2) is 6.75. The lowest BCUT2D eigenvalue weighted by molar-refractivity contribution is -0.138. The highest BCUT2D eigenvalue weighted by molar-refractivity contribution is 6.36. The molecule has 1 N–H and O–H groups in total. The summed E-state index contributed by atoms with van der Waals surface area (Å²) in [6.07, 6.45) is 0. The van der Waals surface area contributed by atoms with Crippen molar-refractivity contribution in [3.05, 3.63) is 70.7 Å². The molecule has 0 saturated heterocycles. The van der Waals surface area contributed by atoms with Crippen molar-refractivity contribution in [1.82, 2.24) is 4.90 Å². The van der Waals surface area contributed by atoms with Crippen LogP contribution in [0.25, 0.3) is 5.57 Å². The van der Waals surface area contributed by atoms with Gasteiger partial charge in [-0.05, 0) is 68.7 Å². The van der Waals surface area contributed by atoms with Gasteiger partial charge in [-0.25, -0.2) is 4.39 Å². The molecule has 0 bridgehead atoms. The van der Waals surface area contributed by atoms with Crippen LogP contribution in [0, 0.1) is 19.7 Å². The van der Waals surface area contributed by atoms with Gasteiger partial charge >= 0.3 is 0 Å². The molecule has 4 nitrogen and oxygen atoms in total. The van der Waals surface area contributed by atoms with E-state index in [1.807, 2.05) is 32.0 Å². The zero-order valence-electron chi connectivity index (χ0n) is 15.3. The monoisotopic (exact) mass is 352 g/mol. The van der Waals surface area contributed by atoms with E-state index < -0.39 is 5.82 Å². The summed E-state index contributed by atoms with van der Waals surface area (Å²) in [7, 11) is 0. The van der Waals surface area contributed by atoms with Crippen molar-refractivity contribution >= 4 is 23.1 Å². The molecule has 1 aliphatic rings. The minimum atomic E-state index is -0.393. The zero-order valence-corrected chi connectivity index (χ0v) is 15.3. The van der Waals surface area contributed by atoms with E-state index in [0.29, 0.717) is 5.56 Å². The molecular formula is C21H21FN2O2. The van der Waals surface area contributed by atoms with Crippen LogP contribution >= 0.6 is 0 Å². The van der Waals surface area contributed by atoms with Crippen molar-refractivity contribution in [1.29, 1.82) is 0 Å². The molecule has 2 amide bonds. The van der Waals surface area contributed by atoms with E-state index in [1.54, 1.807) is 13.8 Å². The van der Waals surface area contributed by atoms with Gasteiger partial charge in [-0.15, -0.1) is 0 Å². The summed E-state index contributed by atoms with van der Waals surface area (Å²) in [5.74, 6) is -1.14. The van der Waals surface area contributed by atoms with Gasteiger partial charge in [0.05, 0.1) is 5.57 Å². The molecule has 0 aromatic heterocycles. The van der Waals surface area contributed by atoms with Crippen LogP contribution in [-0.2, 0) is 9.59 Å². The number of hydrogen-bond donors (Lipinski definition) is 1. The van der Waals surface area contributed by atoms with Gasteiger partial charge in [-0.2, -0.15) is 0 Å². The Hall–Kier alpha value is -2.95. The van der Waals surface area contributed by atoms with Crippen LogP contribution in [0.15, 0.2) is 48.2 Å². The molecule has 0 unspecified atom stereocenters. The Kier molecular flexibility index (Phi) is 4.64. The standard InChI is InChI=1S/C21H21FN2O2/c1-12(2)24-20(25)18(15-6-8-16(22)9-7-15)19(21(24)26)23-17-10-5-13(3)14(4)11-17/h5-12,23H,1-4H3. The largest absolute Gasteiger partial charge is 0.350 e. The first-order valence-electron chi connectivity index (χ1n) is 8.52. The fourth-order valence-electron chi connectivity index (χ4n) is 2.98. The second-order valence-electron chi connectivity index (χ2n) is 6.75. The Balaban J connectivity index is 2.10. The summed E-state index contributed by atoms with van der Waals surface area (Å²) < 4.78 is 13.3. The molecule has 1 heterocycles. The summed E-state index contributed by atoms with van der Waals surface area (Å²) in [4.78, 5) is 27.0. The summed E-state index contributed by atoms with van der Waals surface area (Å²) in [6, 6.07) is 11.1. The van der Waals surface area contributed by atoms with Crippen LogP contribution in [0.3, 0.4) is 0 Å². The lowest BCUT2D eigenvalue weighted by Crippen LogP contribution is -2.38. The first kappa shape index (κ1) is 17.9. The van der Waals surface area contributed by atoms with E-state index in [9.17, 15) is 14.0 Å². The van der Waals surface area contributed by atoms with E-state index in [2.05, 4.69) is 5.32 Å². The average molecular weight is 352 g/mol. The molecule has 0 saturated carbocycles. The number of amides is 2. The Morgan fingerprint density at radius 2 is 1.58 bits per heavy atom. The average Bonchev–Trinajstić information content (AvgIpc) is 2.82. The van der Waals surface area contributed by atoms with Crippen LogP contribution < -0.4 is 5.32 Å². The number of hydrogen-bond acceptors (Lipinski definition) is 3. The van der Waals surface area contributed by atoms with E-state index in [-0.39, 0.29) is 29.1 Å². The number of imide groups is 1. The molecule has 0 radical (unpaired) electrons. The van der Waals surface area contributed by atoms with Crippen LogP contribution in [-0.4, -0.2) is 22.8 Å². The van der Waals surface area contributed by atoms with Gasteiger partial charge in [-0.3, -0.25) is 14.5 Å². The Morgan fingerprint density at radius 3 is 2.15 bits per heavy atom. The number of carbonyl (C=O) groups excluding carboxylic acids is 2. The summed E-state index contributed by atoms with van der Waals surface area (Å²) >= 11 is 0. The van der Waals surface area contributed by atoms with Crippen molar-refractivity contribution in [2.45, 2.75) is 33.7 Å². The minimum Gasteiger partial charge on any atom is -0.350 e. The zero-order chi connectivity index (χ0) is 19.0. The quantitative estimate of drug-likeness (QED) is 0.845. The maximum absolute atomic E-state index is 13.3. The van der Waals surface area contributed by atoms with Crippen molar-refractivity contribution < 1.29 is 14.0 Å². The fraction of sp³-hybridized carbons (Fsp3) is 0.238. The molecule has 0 spiro atoms. The molecule has 5 heteroatoms. The van der Waals surface area contributed by atoms with Crippen LogP contribution in [0.1, 0.15) is 30.5 Å². The van der Waals surface area contributed by atoms with Crippen molar-refractivity contribution in [3.63, 3.8) is 0 Å². The molecule has 2 aromatic carbocycles. The number of anilines is 1. The van der Waals surface area contributed by atoms with Gasteiger partial charge in [0, 0.05) is 11.7 Å². The predicted octanol–water partition coefficient (Wildman–Crippen LogP) is 4.04. The first-order chi connectivity index (χ1) is 12.3. The summed E-state index contributed by atoms with van der Waals surface area (Å²) in [6.45, 7) is 7.57. The third kappa shape index (κ3) is 3.12. The lowest BCUT2D eigenvalue weighted by atomic mass is 10.0. The number of carbonyl (C=O) groups is 2. The number of rotatable bonds is 4. The van der Waals surface area contributed by atoms with Crippen molar-refractivity contribution in [3.8, 4) is 0 Å². The molecular weight excluding hydrogens is 331 g/mol. The smallest absolute Gasteiger partial charge is 0.278 e. The highest BCUT2D eigenvalue weighted by atomic mass is 19.1. The fourth-order valence-corrected chi connectivity index (χ4v) is 2.98. The van der Waals surface area contributed by atoms with Gasteiger partial charge in [0.1, 0.15) is 11.5 Å². The highest BCUT2D eigenvalue weighted by Gasteiger charge is 2.40. The minimum absolute atomic E-state index is 0.221. The van der Waals surface area contributed by atoms with Crippen LogP contribution in [0.2, 0.25) is 0 Å². The third-order valence-electron chi connectivity index (χ3n) is 4.54. The van der Waals surface area contributed by atoms with Gasteiger partial charge in [-0.1, -0.05) is 18.2 Å². The van der Waals surface area contributed by atoms with E-state index in [4.69, 9.17) is 0 Å². The molecule has 26 heavy (non-hydrogen) atoms. The number of halogens is 1. The van der Waals surface area contributed by atoms with Crippen molar-refractivity contribution in [2.24, 2.45) is 0 Å². The van der Waals surface area contributed by atoms with E-state index >= 15 is 0 Å². The van der Waals surface area contributed by atoms with Crippen LogP contribution in [0.4, 0.5) is 10.1 Å². The summed E-state index contributed by atoms with van der Waals surface area (Å²) in [5, 5.41) is 3.11. The maximum atomic E-state index is 13.3. The van der Waals surface area contributed by atoms with Gasteiger partial charge in [0.15, 0.2) is 0 Å². The Bertz CT molecular complexity index is 914. The summed E-state index contributed by atoms with van der Waals surface area (Å²) in [5.41, 5.74) is 3.95. The third-order valence-corrected chi connectivity index (χ3v) is 4.54. The molecule has 134 valence electrons. The molecule has 0 fully saturated rings. The molecule has 0 aliphatic carbocycles. The number of nitrogens with one attached hydrogen (secondary N) is 1. The molecule has 0 atom stereocenters. The Morgan fingerprint density at radius 1 is 0.923 bits per heavy atom. The SMILES string of the molecule is Cc1ccc(NC2=C(c3ccc(F)cc3)C(=O)N(C(C)C)C2=O)cc1C. The predicted molar refractivity (Wildman–Crippen MR) is 99.8 cm³/mol. The lowest BCUT2D eigenvalue weighted by Gasteiger charge is -2.19. The molecule has 1 aliphatic heterocycles. The van der Waals surface area contributed by atoms with E-state index in [1.165, 1.54) is 29.2 Å². The maximum Gasteiger partial charge on any atom is 0.278 e. The molecule has 3 rings (SSSR count). The van der Waals surface area contributed by atoms with Crippen molar-refractivity contribution in [2.75, 3.05) is 5.32 Å². The van der Waals surface area contributed by atoms with Gasteiger partial charge in [0.25, 0.3) is 11.8 Å². The number of aryl methyl sites for hydroxylation is 2. The number of benzene rings is 2. The molecule has 2 aromatic rings. The van der Waals surface area contributed by atoms with E-state index in [0.717, 1.165) is 16.8 Å². The van der Waals surface area contributed by atoms with Crippen LogP contribution in [0.5, 0.6) is 0 Å². The Labute approximate surface area is 152 Å². The normalized spacial score (nSPS) is 14.6. The van der Waals surface area contributed by atoms with Gasteiger partial charge < -0.3 is 5.32 Å². The second-order valence-corrected chi connectivity index (χ2v) is 6.75. The first-order valence-corrected chi connectivity index (χ1v) is 8.52. The van der Waals surface area contributed by atoms with Gasteiger partial charge in [0.2, 0.25) is 0 Å². The number of nitrogens with zero attached hydrogens (tertiary/aromatic N) is 1. The topological polar surface area (TPSA) is 49.4 Å².